The highest BCUT2D eigenvalue weighted by Gasteiger charge is 2.40. The molecule has 3 aliphatic rings. The largest absolute Gasteiger partial charge is 0.493 e. The molecule has 1 unspecified atom stereocenters. The van der Waals surface area contributed by atoms with Crippen molar-refractivity contribution in [2.45, 2.75) is 64.6 Å². The van der Waals surface area contributed by atoms with E-state index < -0.39 is 29.6 Å². The fourth-order valence-corrected chi connectivity index (χ4v) is 8.09. The number of methoxy groups -OCH3 is 1. The normalized spacial score (nSPS) is 17.6. The highest BCUT2D eigenvalue weighted by atomic mass is 79.9. The first-order valence-corrected chi connectivity index (χ1v) is 20.4. The van der Waals surface area contributed by atoms with Crippen molar-refractivity contribution in [1.29, 1.82) is 0 Å². The maximum Gasteiger partial charge on any atom is 0.260 e. The number of ether oxygens (including phenoxy) is 3. The van der Waals surface area contributed by atoms with Crippen molar-refractivity contribution in [3.63, 3.8) is 0 Å². The van der Waals surface area contributed by atoms with E-state index in [1.54, 1.807) is 12.0 Å². The predicted octanol–water partition coefficient (Wildman–Crippen LogP) is 5.55. The van der Waals surface area contributed by atoms with Gasteiger partial charge in [-0.15, -0.1) is 0 Å². The van der Waals surface area contributed by atoms with Gasteiger partial charge >= 0.3 is 0 Å². The maximum atomic E-state index is 14.6. The maximum absolute atomic E-state index is 14.6. The number of halogens is 2. The fraction of sp³-hybridized carbons (Fsp3) is 0.429. The van der Waals surface area contributed by atoms with Crippen LogP contribution in [-0.4, -0.2) is 107 Å². The van der Waals surface area contributed by atoms with Crippen LogP contribution in [0.1, 0.15) is 72.4 Å². The predicted molar refractivity (Wildman–Crippen MR) is 217 cm³/mol. The summed E-state index contributed by atoms with van der Waals surface area (Å²) < 4.78 is 33.3. The Morgan fingerprint density at radius 3 is 2.57 bits per heavy atom. The number of imide groups is 1. The lowest BCUT2D eigenvalue weighted by Crippen LogP contribution is -2.52. The van der Waals surface area contributed by atoms with Gasteiger partial charge in [-0.2, -0.15) is 0 Å². The zero-order valence-electron chi connectivity index (χ0n) is 32.8. The first kappa shape index (κ1) is 40.8. The molecule has 2 saturated heterocycles. The Kier molecular flexibility index (Phi) is 12.7. The molecule has 2 N–H and O–H groups in total. The molecule has 3 aromatic carbocycles. The highest BCUT2D eigenvalue weighted by molar-refractivity contribution is 9.10. The number of aryl methyl sites for hydroxylation is 1. The lowest BCUT2D eigenvalue weighted by Gasteiger charge is -2.34. The van der Waals surface area contributed by atoms with Gasteiger partial charge in [-0.25, -0.2) is 14.4 Å². The van der Waals surface area contributed by atoms with Crippen LogP contribution >= 0.6 is 15.9 Å². The minimum absolute atomic E-state index is 0.0107. The van der Waals surface area contributed by atoms with Crippen LogP contribution in [0.3, 0.4) is 0 Å². The monoisotopic (exact) mass is 859 g/mol. The van der Waals surface area contributed by atoms with Gasteiger partial charge in [0.15, 0.2) is 18.1 Å². The van der Waals surface area contributed by atoms with Crippen LogP contribution in [0.2, 0.25) is 0 Å². The van der Waals surface area contributed by atoms with E-state index in [0.29, 0.717) is 42.6 Å². The van der Waals surface area contributed by atoms with Crippen LogP contribution in [0.5, 0.6) is 17.2 Å². The molecule has 4 aromatic rings. The number of hydrogen-bond acceptors (Lipinski definition) is 11. The van der Waals surface area contributed by atoms with Crippen LogP contribution in [-0.2, 0) is 20.9 Å². The second-order valence-corrected chi connectivity index (χ2v) is 15.7. The quantitative estimate of drug-likeness (QED) is 0.114. The van der Waals surface area contributed by atoms with Crippen molar-refractivity contribution in [2.75, 3.05) is 58.4 Å². The van der Waals surface area contributed by atoms with Gasteiger partial charge in [-0.1, -0.05) is 28.1 Å². The van der Waals surface area contributed by atoms with Gasteiger partial charge in [0.2, 0.25) is 11.8 Å². The Morgan fingerprint density at radius 1 is 1.00 bits per heavy atom. The van der Waals surface area contributed by atoms with Crippen LogP contribution in [0.4, 0.5) is 10.2 Å². The van der Waals surface area contributed by atoms with Crippen LogP contribution in [0.15, 0.2) is 53.0 Å². The number of aromatic nitrogens is 2. The first-order valence-electron chi connectivity index (χ1n) is 19.6. The number of nitrogens with one attached hydrogen (secondary N) is 2. The second-order valence-electron chi connectivity index (χ2n) is 14.8. The number of piperidine rings is 1. The molecule has 0 aliphatic carbocycles. The molecule has 16 heteroatoms. The molecule has 306 valence electrons. The molecule has 2 fully saturated rings. The summed E-state index contributed by atoms with van der Waals surface area (Å²) in [5.41, 5.74) is 2.41. The van der Waals surface area contributed by atoms with Gasteiger partial charge in [0.05, 0.1) is 37.4 Å². The zero-order valence-corrected chi connectivity index (χ0v) is 34.4. The molecule has 0 bridgehead atoms. The van der Waals surface area contributed by atoms with Crippen molar-refractivity contribution in [3.05, 3.63) is 81.3 Å². The fourth-order valence-electron chi connectivity index (χ4n) is 7.67. The molecule has 58 heavy (non-hydrogen) atoms. The van der Waals surface area contributed by atoms with E-state index in [1.807, 2.05) is 31.2 Å². The minimum Gasteiger partial charge on any atom is -0.493 e. The van der Waals surface area contributed by atoms with Gasteiger partial charge in [0, 0.05) is 60.2 Å². The molecular weight excluding hydrogens is 813 g/mol. The molecular formula is C42H47BrFN7O7. The van der Waals surface area contributed by atoms with Gasteiger partial charge in [-0.3, -0.25) is 29.4 Å². The third-order valence-corrected chi connectivity index (χ3v) is 11.3. The average molecular weight is 861 g/mol. The van der Waals surface area contributed by atoms with E-state index in [2.05, 4.69) is 55.5 Å². The lowest BCUT2D eigenvalue weighted by molar-refractivity contribution is -0.137. The number of carbonyl (C=O) groups excluding carboxylic acids is 4. The average Bonchev–Trinajstić information content (AvgIpc) is 3.53. The number of benzene rings is 3. The molecule has 1 aromatic heterocycles. The Bertz CT molecular complexity index is 2220. The summed E-state index contributed by atoms with van der Waals surface area (Å²) in [5.74, 6) is 0.363. The Hall–Kier alpha value is -5.35. The summed E-state index contributed by atoms with van der Waals surface area (Å²) in [6, 6.07) is 13.4. The summed E-state index contributed by atoms with van der Waals surface area (Å²) in [6.45, 7) is 7.63. The van der Waals surface area contributed by atoms with E-state index in [9.17, 15) is 23.6 Å². The molecule has 0 radical (unpaired) electrons. The minimum atomic E-state index is -0.838. The van der Waals surface area contributed by atoms with Crippen molar-refractivity contribution >= 4 is 56.3 Å². The molecule has 2 atom stereocenters. The number of fused-ring (bicyclic) bond motifs is 2. The molecule has 0 spiro atoms. The number of amides is 4. The molecule has 4 heterocycles. The van der Waals surface area contributed by atoms with E-state index in [4.69, 9.17) is 19.2 Å². The summed E-state index contributed by atoms with van der Waals surface area (Å²) in [6.07, 6.45) is 3.10. The molecule has 3 aliphatic heterocycles. The molecule has 0 saturated carbocycles. The number of unbranched alkanes of at least 4 members (excludes halogenated alkanes) is 2. The summed E-state index contributed by atoms with van der Waals surface area (Å²) >= 11 is 3.55. The Balaban J connectivity index is 0.839. The summed E-state index contributed by atoms with van der Waals surface area (Å²) in [5, 5.41) is 6.64. The Morgan fingerprint density at radius 2 is 1.81 bits per heavy atom. The van der Waals surface area contributed by atoms with Gasteiger partial charge < -0.3 is 29.3 Å². The topological polar surface area (TPSA) is 156 Å². The number of anilines is 1. The standard InChI is InChI=1S/C42H47BrFN7O7/c1-25(27-8-7-9-28(43)18-27)45-40-31-21-36(56-3)37(22-33(31)46-26(2)47-40)57-17-6-4-5-12-49-13-15-50(16-14-49)39(53)24-58-35-20-29(44)19-30-32(35)23-51(42(30)55)34-10-11-38(52)48-41(34)54/h7-9,18-22,25,34H,4-6,10-17,23-24H2,1-3H3,(H,45,46,47)(H,48,52,54)/t25-,34?/m1/s1. The SMILES string of the molecule is COc1cc2c(N[C@H](C)c3cccc(Br)c3)nc(C)nc2cc1OCCCCCN1CCN(C(=O)COc2cc(F)cc3c2CN(C2CCC(=O)NC2=O)C3=O)CC1. The zero-order chi connectivity index (χ0) is 40.9. The van der Waals surface area contributed by atoms with Crippen molar-refractivity contribution in [3.8, 4) is 17.2 Å². The second kappa shape index (κ2) is 18.1. The number of rotatable bonds is 15. The third-order valence-electron chi connectivity index (χ3n) is 10.8. The number of carbonyl (C=O) groups is 4. The van der Waals surface area contributed by atoms with Crippen LogP contribution in [0.25, 0.3) is 10.9 Å². The smallest absolute Gasteiger partial charge is 0.260 e. The van der Waals surface area contributed by atoms with Gasteiger partial charge in [0.25, 0.3) is 11.8 Å². The molecule has 14 nitrogen and oxygen atoms in total. The lowest BCUT2D eigenvalue weighted by atomic mass is 10.0. The van der Waals surface area contributed by atoms with Crippen LogP contribution in [0, 0.1) is 12.7 Å². The van der Waals surface area contributed by atoms with Crippen molar-refractivity contribution in [1.82, 2.24) is 30.0 Å². The highest BCUT2D eigenvalue weighted by Crippen LogP contribution is 2.37. The molecule has 4 amide bonds. The number of hydrogen-bond donors (Lipinski definition) is 2. The summed E-state index contributed by atoms with van der Waals surface area (Å²) in [4.78, 5) is 65.0. The first-order chi connectivity index (χ1) is 28.0. The number of nitrogens with zero attached hydrogens (tertiary/aromatic N) is 5. The van der Waals surface area contributed by atoms with Gasteiger partial charge in [0.1, 0.15) is 29.3 Å². The van der Waals surface area contributed by atoms with Crippen molar-refractivity contribution < 1.29 is 37.8 Å². The molecule has 7 rings (SSSR count). The van der Waals surface area contributed by atoms with E-state index in [-0.39, 0.29) is 49.3 Å². The van der Waals surface area contributed by atoms with E-state index in [0.717, 1.165) is 77.8 Å². The van der Waals surface area contributed by atoms with Crippen LogP contribution < -0.4 is 24.8 Å². The van der Waals surface area contributed by atoms with E-state index in [1.165, 1.54) is 4.90 Å². The van der Waals surface area contributed by atoms with Crippen molar-refractivity contribution in [2.24, 2.45) is 0 Å². The van der Waals surface area contributed by atoms with E-state index >= 15 is 0 Å². The third kappa shape index (κ3) is 9.34. The Labute approximate surface area is 344 Å². The van der Waals surface area contributed by atoms with Gasteiger partial charge in [-0.05, 0) is 75.9 Å². The summed E-state index contributed by atoms with van der Waals surface area (Å²) in [7, 11) is 1.62. The number of piperazine rings is 1.